The van der Waals surface area contributed by atoms with E-state index < -0.39 is 0 Å². The van der Waals surface area contributed by atoms with E-state index >= 15 is 0 Å². The van der Waals surface area contributed by atoms with Gasteiger partial charge in [-0.3, -0.25) is 9.89 Å². The Balaban J connectivity index is 1.78. The molecule has 2 heteroatoms. The highest BCUT2D eigenvalue weighted by atomic mass is 15.2. The van der Waals surface area contributed by atoms with Crippen LogP contribution in [0.3, 0.4) is 0 Å². The van der Waals surface area contributed by atoms with Gasteiger partial charge in [0.2, 0.25) is 0 Å². The van der Waals surface area contributed by atoms with Crippen LogP contribution in [0, 0.1) is 5.41 Å². The molecule has 4 aliphatic rings. The molecule has 0 amide bonds. The molecule has 3 heterocycles. The highest BCUT2D eigenvalue weighted by molar-refractivity contribution is 6.04. The van der Waals surface area contributed by atoms with E-state index in [4.69, 9.17) is 4.99 Å². The summed E-state index contributed by atoms with van der Waals surface area (Å²) in [5.74, 6) is 0. The van der Waals surface area contributed by atoms with E-state index in [1.54, 1.807) is 0 Å². The highest BCUT2D eigenvalue weighted by Crippen LogP contribution is 2.61. The van der Waals surface area contributed by atoms with E-state index in [9.17, 15) is 0 Å². The minimum atomic E-state index is 0.218. The van der Waals surface area contributed by atoms with Crippen molar-refractivity contribution in [3.8, 4) is 0 Å². The van der Waals surface area contributed by atoms with Crippen LogP contribution in [0.5, 0.6) is 0 Å². The van der Waals surface area contributed by atoms with E-state index in [1.807, 2.05) is 0 Å². The number of nitrogens with zero attached hydrogens (tertiary/aromatic N) is 2. The first-order chi connectivity index (χ1) is 10.3. The van der Waals surface area contributed by atoms with E-state index in [1.165, 1.54) is 49.2 Å². The maximum atomic E-state index is 5.07. The Morgan fingerprint density at radius 3 is 3.10 bits per heavy atom. The fourth-order valence-electron chi connectivity index (χ4n) is 5.73. The van der Waals surface area contributed by atoms with Crippen molar-refractivity contribution in [3.05, 3.63) is 42.0 Å². The van der Waals surface area contributed by atoms with Crippen molar-refractivity contribution < 1.29 is 0 Å². The van der Waals surface area contributed by atoms with E-state index in [-0.39, 0.29) is 5.41 Å². The lowest BCUT2D eigenvalue weighted by molar-refractivity contribution is 0.0850. The van der Waals surface area contributed by atoms with E-state index in [0.29, 0.717) is 11.5 Å². The number of aliphatic imine (C=N–C) groups is 1. The molecular weight excluding hydrogens is 256 g/mol. The van der Waals surface area contributed by atoms with Crippen molar-refractivity contribution in [1.82, 2.24) is 4.90 Å². The topological polar surface area (TPSA) is 15.6 Å². The molecule has 0 N–H and O–H groups in total. The Kier molecular flexibility index (Phi) is 2.24. The predicted octanol–water partition coefficient (Wildman–Crippen LogP) is 3.84. The summed E-state index contributed by atoms with van der Waals surface area (Å²) in [6.45, 7) is 4.73. The predicted molar refractivity (Wildman–Crippen MR) is 86.3 cm³/mol. The minimum absolute atomic E-state index is 0.218. The van der Waals surface area contributed by atoms with Crippen molar-refractivity contribution in [2.24, 2.45) is 10.4 Å². The SMILES string of the molecule is CCC12C=CCN3CCC4(C(=Nc5ccccc54)CC1)C32. The van der Waals surface area contributed by atoms with Gasteiger partial charge < -0.3 is 0 Å². The Morgan fingerprint density at radius 1 is 1.29 bits per heavy atom. The lowest BCUT2D eigenvalue weighted by Crippen LogP contribution is -2.60. The summed E-state index contributed by atoms with van der Waals surface area (Å²) in [7, 11) is 0. The Bertz CT molecular complexity index is 674. The zero-order chi connectivity index (χ0) is 14.1. The van der Waals surface area contributed by atoms with Crippen LogP contribution in [-0.2, 0) is 5.41 Å². The van der Waals surface area contributed by atoms with Crippen LogP contribution in [0.15, 0.2) is 41.4 Å². The fraction of sp³-hybridized carbons (Fsp3) is 0.526. The summed E-state index contributed by atoms with van der Waals surface area (Å²) in [6.07, 6.45) is 9.94. The molecule has 2 fully saturated rings. The molecule has 0 radical (unpaired) electrons. The van der Waals surface area contributed by atoms with Crippen molar-refractivity contribution in [3.63, 3.8) is 0 Å². The van der Waals surface area contributed by atoms with Gasteiger partial charge in [-0.25, -0.2) is 0 Å². The Labute approximate surface area is 126 Å². The van der Waals surface area contributed by atoms with Crippen molar-refractivity contribution in [2.75, 3.05) is 13.1 Å². The highest BCUT2D eigenvalue weighted by Gasteiger charge is 2.63. The summed E-state index contributed by atoms with van der Waals surface area (Å²) >= 11 is 0. The molecule has 3 unspecified atom stereocenters. The number of fused-ring (bicyclic) bond motifs is 1. The average Bonchev–Trinajstić information content (AvgIpc) is 3.08. The first-order valence-corrected chi connectivity index (χ1v) is 8.39. The van der Waals surface area contributed by atoms with Crippen molar-refractivity contribution in [2.45, 2.75) is 44.1 Å². The molecule has 2 nitrogen and oxygen atoms in total. The van der Waals surface area contributed by atoms with E-state index in [2.05, 4.69) is 48.2 Å². The summed E-state index contributed by atoms with van der Waals surface area (Å²) < 4.78 is 0. The van der Waals surface area contributed by atoms with Gasteiger partial charge in [0.05, 0.1) is 11.1 Å². The summed E-state index contributed by atoms with van der Waals surface area (Å²) in [5.41, 5.74) is 4.83. The van der Waals surface area contributed by atoms with E-state index in [0.717, 1.165) is 6.54 Å². The Morgan fingerprint density at radius 2 is 2.19 bits per heavy atom. The van der Waals surface area contributed by atoms with Crippen molar-refractivity contribution in [1.29, 1.82) is 0 Å². The van der Waals surface area contributed by atoms with Gasteiger partial charge in [0.25, 0.3) is 0 Å². The monoisotopic (exact) mass is 278 g/mol. The zero-order valence-electron chi connectivity index (χ0n) is 12.7. The van der Waals surface area contributed by atoms with Gasteiger partial charge >= 0.3 is 0 Å². The second-order valence-corrected chi connectivity index (χ2v) is 7.18. The maximum Gasteiger partial charge on any atom is 0.0671 e. The molecule has 1 aromatic rings. The summed E-state index contributed by atoms with van der Waals surface area (Å²) in [6, 6.07) is 9.53. The second-order valence-electron chi connectivity index (χ2n) is 7.18. The number of hydrogen-bond donors (Lipinski definition) is 0. The Hall–Kier alpha value is -1.41. The maximum absolute atomic E-state index is 5.07. The normalized spacial score (nSPS) is 39.7. The quantitative estimate of drug-likeness (QED) is 0.713. The van der Waals surface area contributed by atoms with Gasteiger partial charge in [0.1, 0.15) is 0 Å². The van der Waals surface area contributed by atoms with Gasteiger partial charge in [-0.1, -0.05) is 37.3 Å². The van der Waals surface area contributed by atoms with Crippen LogP contribution in [0.25, 0.3) is 0 Å². The van der Waals surface area contributed by atoms with Crippen LogP contribution in [0.4, 0.5) is 5.69 Å². The first kappa shape index (κ1) is 12.2. The minimum Gasteiger partial charge on any atom is -0.295 e. The third-order valence-corrected chi connectivity index (χ3v) is 6.60. The molecule has 21 heavy (non-hydrogen) atoms. The molecule has 1 aliphatic carbocycles. The van der Waals surface area contributed by atoms with Crippen LogP contribution in [-0.4, -0.2) is 29.7 Å². The molecule has 0 bridgehead atoms. The first-order valence-electron chi connectivity index (χ1n) is 8.39. The zero-order valence-corrected chi connectivity index (χ0v) is 12.7. The second kappa shape index (κ2) is 3.86. The standard InChI is InChI=1S/C19H22N2/c1-2-18-9-5-12-21-13-11-19(17(18)21)14-6-3-4-7-15(14)20-16(19)8-10-18/h3-7,9,17H,2,8,10-13H2,1H3. The van der Waals surface area contributed by atoms with Gasteiger partial charge in [0, 0.05) is 30.3 Å². The molecule has 108 valence electrons. The number of rotatable bonds is 1. The lowest BCUT2D eigenvalue weighted by Gasteiger charge is -2.54. The smallest absolute Gasteiger partial charge is 0.0671 e. The third kappa shape index (κ3) is 1.27. The van der Waals surface area contributed by atoms with Gasteiger partial charge in [-0.15, -0.1) is 0 Å². The largest absolute Gasteiger partial charge is 0.295 e. The number of benzene rings is 1. The van der Waals surface area contributed by atoms with Crippen LogP contribution < -0.4 is 0 Å². The molecule has 1 spiro atoms. The molecular formula is C19H22N2. The lowest BCUT2D eigenvalue weighted by atomic mass is 9.54. The molecule has 3 atom stereocenters. The van der Waals surface area contributed by atoms with Crippen LogP contribution >= 0.6 is 0 Å². The van der Waals surface area contributed by atoms with Crippen LogP contribution in [0.2, 0.25) is 0 Å². The summed E-state index contributed by atoms with van der Waals surface area (Å²) in [4.78, 5) is 7.80. The molecule has 3 aliphatic heterocycles. The molecule has 0 aromatic heterocycles. The van der Waals surface area contributed by atoms with Crippen LogP contribution in [0.1, 0.15) is 38.2 Å². The molecule has 1 aromatic carbocycles. The summed E-state index contributed by atoms with van der Waals surface area (Å²) in [5, 5.41) is 0. The number of para-hydroxylation sites is 1. The number of hydrogen-bond acceptors (Lipinski definition) is 2. The van der Waals surface area contributed by atoms with Gasteiger partial charge in [-0.2, -0.15) is 0 Å². The average molecular weight is 278 g/mol. The molecule has 5 rings (SSSR count). The molecule has 1 saturated carbocycles. The fourth-order valence-corrected chi connectivity index (χ4v) is 5.73. The third-order valence-electron chi connectivity index (χ3n) is 6.60. The van der Waals surface area contributed by atoms with Gasteiger partial charge in [-0.05, 0) is 37.3 Å². The van der Waals surface area contributed by atoms with Gasteiger partial charge in [0.15, 0.2) is 0 Å². The van der Waals surface area contributed by atoms with Crippen molar-refractivity contribution >= 4 is 11.4 Å². The molecule has 1 saturated heterocycles.